The molecule has 2 bridgehead atoms. The fraction of sp³-hybridized carbons (Fsp3) is 0.577. The lowest BCUT2D eigenvalue weighted by Crippen LogP contribution is -2.58. The van der Waals surface area contributed by atoms with E-state index in [4.69, 9.17) is 16.3 Å². The molecule has 1 heterocycles. The van der Waals surface area contributed by atoms with Crippen molar-refractivity contribution in [2.45, 2.75) is 53.1 Å². The minimum absolute atomic E-state index is 0.0138. The van der Waals surface area contributed by atoms with Gasteiger partial charge in [0.1, 0.15) is 17.3 Å². The molecule has 0 amide bonds. The Hall–Kier alpha value is -2.54. The van der Waals surface area contributed by atoms with E-state index >= 15 is 0 Å². The van der Waals surface area contributed by atoms with Gasteiger partial charge in [-0.15, -0.1) is 5.10 Å². The lowest BCUT2D eigenvalue weighted by Gasteiger charge is -2.62. The number of anilines is 2. The summed E-state index contributed by atoms with van der Waals surface area (Å²) in [6.07, 6.45) is 2.28. The number of fused-ring (bicyclic) bond motifs is 2. The summed E-state index contributed by atoms with van der Waals surface area (Å²) in [6.45, 7) is 8.98. The Morgan fingerprint density at radius 2 is 1.94 bits per heavy atom. The summed E-state index contributed by atoms with van der Waals surface area (Å²) < 4.78 is 6.87. The number of ether oxygens (including phenoxy) is 1. The van der Waals surface area contributed by atoms with Gasteiger partial charge in [0.25, 0.3) is 11.4 Å². The fourth-order valence-corrected chi connectivity index (χ4v) is 5.92. The summed E-state index contributed by atoms with van der Waals surface area (Å²) >= 11 is 6.56. The lowest BCUT2D eigenvalue weighted by molar-refractivity contribution is -0.105. The summed E-state index contributed by atoms with van der Waals surface area (Å²) in [7, 11) is 3.87. The average molecular weight is 487 g/mol. The molecule has 3 aliphatic carbocycles. The Balaban J connectivity index is 1.58. The van der Waals surface area contributed by atoms with E-state index in [1.807, 2.05) is 38.1 Å². The maximum Gasteiger partial charge on any atom is 0.288 e. The molecule has 8 heteroatoms. The highest BCUT2D eigenvalue weighted by molar-refractivity contribution is 6.33. The zero-order chi connectivity index (χ0) is 24.8. The second-order valence-corrected chi connectivity index (χ2v) is 10.8. The van der Waals surface area contributed by atoms with Crippen molar-refractivity contribution in [2.24, 2.45) is 23.2 Å². The summed E-state index contributed by atoms with van der Waals surface area (Å²) in [4.78, 5) is 27.9. The van der Waals surface area contributed by atoms with E-state index in [0.29, 0.717) is 41.0 Å². The Morgan fingerprint density at radius 3 is 2.50 bits per heavy atom. The Labute approximate surface area is 206 Å². The number of aromatic nitrogens is 2. The van der Waals surface area contributed by atoms with E-state index in [2.05, 4.69) is 31.2 Å². The fourth-order valence-electron chi connectivity index (χ4n) is 5.69. The monoisotopic (exact) mass is 486 g/mol. The molecule has 1 aromatic carbocycles. The van der Waals surface area contributed by atoms with Crippen molar-refractivity contribution < 1.29 is 9.53 Å². The molecule has 3 fully saturated rings. The van der Waals surface area contributed by atoms with Crippen molar-refractivity contribution in [3.63, 3.8) is 0 Å². The molecule has 2 aromatic rings. The number of hydrogen-bond donors (Lipinski definition) is 1. The van der Waals surface area contributed by atoms with Crippen molar-refractivity contribution in [3.05, 3.63) is 45.2 Å². The van der Waals surface area contributed by atoms with E-state index in [1.165, 1.54) is 6.42 Å². The molecular formula is C26H35ClN4O3. The van der Waals surface area contributed by atoms with Crippen LogP contribution in [0, 0.1) is 23.2 Å². The van der Waals surface area contributed by atoms with Gasteiger partial charge in [0.15, 0.2) is 5.78 Å². The van der Waals surface area contributed by atoms with E-state index < -0.39 is 5.56 Å². The summed E-state index contributed by atoms with van der Waals surface area (Å²) in [5.41, 5.74) is 1.79. The maximum absolute atomic E-state index is 13.1. The van der Waals surface area contributed by atoms with Crippen LogP contribution in [0.5, 0.6) is 5.88 Å². The number of carbonyl (C=O) groups is 1. The van der Waals surface area contributed by atoms with Crippen LogP contribution >= 0.6 is 11.6 Å². The number of nitrogens with zero attached hydrogens (tertiary/aromatic N) is 3. The van der Waals surface area contributed by atoms with E-state index in [1.54, 1.807) is 12.1 Å². The highest BCUT2D eigenvalue weighted by Gasteiger charge is 2.56. The predicted octanol–water partition coefficient (Wildman–Crippen LogP) is 4.73. The molecule has 34 heavy (non-hydrogen) atoms. The van der Waals surface area contributed by atoms with Gasteiger partial charge >= 0.3 is 0 Å². The first-order chi connectivity index (χ1) is 16.0. The number of ketones is 1. The topological polar surface area (TPSA) is 76.5 Å². The third kappa shape index (κ3) is 4.30. The molecule has 1 aromatic heterocycles. The standard InChI is InChI=1S/C26H35ClN4O3/c1-7-34-24-23(28-20-13-17-12-19(15(20)2)26(17,3)4)22(27)25(33)31(29-24)14-21(32)16-8-10-18(11-9-16)30(5)6/h8-11,15,17,19-20,28H,7,12-14H2,1-6H3/t15-,17+,19-,20-/m1/s1. The van der Waals surface area contributed by atoms with Crippen LogP contribution in [-0.2, 0) is 6.54 Å². The van der Waals surface area contributed by atoms with Gasteiger partial charge in [-0.05, 0) is 67.2 Å². The number of nitrogens with one attached hydrogen (secondary N) is 1. The van der Waals surface area contributed by atoms with Crippen molar-refractivity contribution in [2.75, 3.05) is 30.9 Å². The normalized spacial score (nSPS) is 24.8. The average Bonchev–Trinajstić information content (AvgIpc) is 2.80. The van der Waals surface area contributed by atoms with Gasteiger partial charge in [0, 0.05) is 31.4 Å². The molecule has 0 aliphatic heterocycles. The number of benzene rings is 1. The van der Waals surface area contributed by atoms with Crippen LogP contribution in [0.4, 0.5) is 11.4 Å². The summed E-state index contributed by atoms with van der Waals surface area (Å²) in [5, 5.41) is 7.90. The Morgan fingerprint density at radius 1 is 1.26 bits per heavy atom. The summed E-state index contributed by atoms with van der Waals surface area (Å²) in [6, 6.07) is 7.43. The van der Waals surface area contributed by atoms with Crippen molar-refractivity contribution in [1.29, 1.82) is 0 Å². The van der Waals surface area contributed by atoms with Crippen LogP contribution in [0.15, 0.2) is 29.1 Å². The predicted molar refractivity (Wildman–Crippen MR) is 136 cm³/mol. The van der Waals surface area contributed by atoms with Crippen LogP contribution in [-0.4, -0.2) is 42.3 Å². The second kappa shape index (κ2) is 9.25. The number of rotatable bonds is 8. The van der Waals surface area contributed by atoms with Gasteiger partial charge in [-0.3, -0.25) is 9.59 Å². The minimum atomic E-state index is -0.500. The third-order valence-corrected chi connectivity index (χ3v) is 8.38. The van der Waals surface area contributed by atoms with Crippen molar-refractivity contribution in [3.8, 4) is 5.88 Å². The van der Waals surface area contributed by atoms with Crippen molar-refractivity contribution in [1.82, 2.24) is 9.78 Å². The molecule has 1 N–H and O–H groups in total. The Bertz CT molecular complexity index is 1130. The number of hydrogen-bond acceptors (Lipinski definition) is 6. The zero-order valence-electron chi connectivity index (χ0n) is 20.9. The van der Waals surface area contributed by atoms with E-state index in [-0.39, 0.29) is 29.3 Å². The van der Waals surface area contributed by atoms with Crippen LogP contribution in [0.1, 0.15) is 50.9 Å². The maximum atomic E-state index is 13.1. The van der Waals surface area contributed by atoms with Gasteiger partial charge < -0.3 is 15.0 Å². The van der Waals surface area contributed by atoms with Gasteiger partial charge in [-0.25, -0.2) is 4.68 Å². The molecule has 0 unspecified atom stereocenters. The largest absolute Gasteiger partial charge is 0.475 e. The van der Waals surface area contributed by atoms with Crippen molar-refractivity contribution >= 4 is 28.8 Å². The molecular weight excluding hydrogens is 452 g/mol. The first-order valence-electron chi connectivity index (χ1n) is 12.0. The molecule has 3 saturated carbocycles. The molecule has 184 valence electrons. The first kappa shape index (κ1) is 24.6. The first-order valence-corrected chi connectivity index (χ1v) is 12.4. The summed E-state index contributed by atoms with van der Waals surface area (Å²) in [5.74, 6) is 1.78. The molecule has 4 atom stereocenters. The van der Waals surface area contributed by atoms with Crippen LogP contribution in [0.2, 0.25) is 5.02 Å². The number of halogens is 1. The molecule has 0 radical (unpaired) electrons. The smallest absolute Gasteiger partial charge is 0.288 e. The number of Topliss-reactive ketones (excluding diaryl/α,β-unsaturated/α-hetero) is 1. The Kier molecular flexibility index (Phi) is 6.69. The van der Waals surface area contributed by atoms with Gasteiger partial charge in [-0.2, -0.15) is 0 Å². The van der Waals surface area contributed by atoms with Gasteiger partial charge in [0.2, 0.25) is 0 Å². The number of carbonyl (C=O) groups excluding carboxylic acids is 1. The molecule has 0 saturated heterocycles. The minimum Gasteiger partial charge on any atom is -0.475 e. The van der Waals surface area contributed by atoms with Gasteiger partial charge in [0.05, 0.1) is 6.61 Å². The van der Waals surface area contributed by atoms with Crippen LogP contribution < -0.4 is 20.5 Å². The van der Waals surface area contributed by atoms with E-state index in [0.717, 1.165) is 16.8 Å². The molecule has 3 aliphatic rings. The molecule has 0 spiro atoms. The highest BCUT2D eigenvalue weighted by atomic mass is 35.5. The molecule has 7 nitrogen and oxygen atoms in total. The SMILES string of the molecule is CCOc1nn(CC(=O)c2ccc(N(C)C)cc2)c(=O)c(Cl)c1N[C@@H]1C[C@@H]2C[C@H]([C@H]1C)C2(C)C. The quantitative estimate of drug-likeness (QED) is 0.544. The zero-order valence-corrected chi connectivity index (χ0v) is 21.6. The highest BCUT2D eigenvalue weighted by Crippen LogP contribution is 2.61. The van der Waals surface area contributed by atoms with Gasteiger partial charge in [-0.1, -0.05) is 32.4 Å². The van der Waals surface area contributed by atoms with Crippen LogP contribution in [0.25, 0.3) is 0 Å². The van der Waals surface area contributed by atoms with E-state index in [9.17, 15) is 9.59 Å². The second-order valence-electron chi connectivity index (χ2n) is 10.5. The lowest BCUT2D eigenvalue weighted by atomic mass is 9.45. The third-order valence-electron chi connectivity index (χ3n) is 8.03. The molecule has 5 rings (SSSR count). The van der Waals surface area contributed by atoms with Crippen LogP contribution in [0.3, 0.4) is 0 Å².